The van der Waals surface area contributed by atoms with Crippen LogP contribution in [0.15, 0.2) is 0 Å². The van der Waals surface area contributed by atoms with Crippen LogP contribution >= 0.6 is 22.9 Å². The lowest BCUT2D eigenvalue weighted by Gasteiger charge is -2.22. The molecular weight excluding hydrogens is 259 g/mol. The van der Waals surface area contributed by atoms with Crippen LogP contribution in [-0.2, 0) is 4.79 Å². The molecule has 4 nitrogen and oxygen atoms in total. The first-order valence-electron chi connectivity index (χ1n) is 3.17. The second-order valence-corrected chi connectivity index (χ2v) is 3.95. The third-order valence-corrected chi connectivity index (χ3v) is 2.85. The molecule has 1 fully saturated rings. The molecule has 1 saturated heterocycles. The van der Waals surface area contributed by atoms with Gasteiger partial charge in [-0.1, -0.05) is 0 Å². The van der Waals surface area contributed by atoms with Gasteiger partial charge < -0.3 is 4.90 Å². The van der Waals surface area contributed by atoms with Crippen LogP contribution in [-0.4, -0.2) is 32.5 Å². The summed E-state index contributed by atoms with van der Waals surface area (Å²) in [4.78, 5) is 23.9. The Kier molecular flexibility index (Phi) is 1.85. The third-order valence-electron chi connectivity index (χ3n) is 2.00. The molecule has 1 aliphatic heterocycles. The maximum absolute atomic E-state index is 11.3. The van der Waals surface area contributed by atoms with E-state index in [0.717, 1.165) is 3.11 Å². The zero-order valence-corrected chi connectivity index (χ0v) is 8.75. The summed E-state index contributed by atoms with van der Waals surface area (Å²) >= 11 is 1.72. The minimum atomic E-state index is -0.682. The zero-order valence-electron chi connectivity index (χ0n) is 6.59. The van der Waals surface area contributed by atoms with Crippen molar-refractivity contribution in [2.24, 2.45) is 0 Å². The molecule has 0 bridgehead atoms. The van der Waals surface area contributed by atoms with Gasteiger partial charge in [0.25, 0.3) is 5.91 Å². The van der Waals surface area contributed by atoms with Crippen LogP contribution in [0.2, 0.25) is 0 Å². The van der Waals surface area contributed by atoms with E-state index < -0.39 is 5.54 Å². The van der Waals surface area contributed by atoms with Gasteiger partial charge in [-0.2, -0.15) is 0 Å². The van der Waals surface area contributed by atoms with Crippen LogP contribution in [0.4, 0.5) is 4.79 Å². The van der Waals surface area contributed by atoms with E-state index in [9.17, 15) is 9.59 Å². The van der Waals surface area contributed by atoms with Crippen LogP contribution in [0.1, 0.15) is 13.8 Å². The van der Waals surface area contributed by atoms with E-state index in [1.54, 1.807) is 43.8 Å². The number of imide groups is 1. The molecule has 0 radical (unpaired) electrons. The summed E-state index contributed by atoms with van der Waals surface area (Å²) < 4.78 is 1.11. The molecule has 0 aliphatic carbocycles. The second-order valence-electron chi connectivity index (χ2n) is 2.99. The molecule has 1 rings (SSSR count). The van der Waals surface area contributed by atoms with Crippen LogP contribution in [0.3, 0.4) is 0 Å². The number of hydrogen-bond donors (Lipinski definition) is 0. The Balaban J connectivity index is 3.06. The molecule has 0 aromatic heterocycles. The number of rotatable bonds is 0. The fraction of sp³-hybridized carbons (Fsp3) is 0.667. The van der Waals surface area contributed by atoms with Gasteiger partial charge in [-0.3, -0.25) is 4.79 Å². The van der Waals surface area contributed by atoms with Gasteiger partial charge in [-0.25, -0.2) is 7.91 Å². The highest BCUT2D eigenvalue weighted by Gasteiger charge is 2.48. The summed E-state index contributed by atoms with van der Waals surface area (Å²) in [5.41, 5.74) is -0.682. The van der Waals surface area contributed by atoms with E-state index in [1.165, 1.54) is 4.90 Å². The van der Waals surface area contributed by atoms with Gasteiger partial charge in [-0.05, 0) is 13.8 Å². The average molecular weight is 268 g/mol. The molecule has 0 saturated carbocycles. The van der Waals surface area contributed by atoms with Crippen LogP contribution < -0.4 is 0 Å². The number of hydrogen-bond acceptors (Lipinski definition) is 2. The number of halogens is 1. The summed E-state index contributed by atoms with van der Waals surface area (Å²) in [5, 5.41) is 0. The molecule has 0 N–H and O–H groups in total. The summed E-state index contributed by atoms with van der Waals surface area (Å²) in [6, 6.07) is -0.249. The lowest BCUT2D eigenvalue weighted by atomic mass is 10.1. The van der Waals surface area contributed by atoms with Crippen molar-refractivity contribution in [1.29, 1.82) is 0 Å². The standard InChI is InChI=1S/C6H9IN2O2/c1-6(2)4(10)9(7)5(11)8(6)3/h1-3H3. The molecule has 11 heavy (non-hydrogen) atoms. The van der Waals surface area contributed by atoms with Crippen molar-refractivity contribution in [3.63, 3.8) is 0 Å². The summed E-state index contributed by atoms with van der Waals surface area (Å²) in [6.45, 7) is 3.46. The molecule has 0 aromatic carbocycles. The van der Waals surface area contributed by atoms with Crippen molar-refractivity contribution >= 4 is 34.8 Å². The Bertz CT molecular complexity index is 227. The Morgan fingerprint density at radius 2 is 1.82 bits per heavy atom. The largest absolute Gasteiger partial charge is 0.336 e. The van der Waals surface area contributed by atoms with E-state index in [2.05, 4.69) is 0 Å². The number of amides is 3. The summed E-state index contributed by atoms with van der Waals surface area (Å²) in [7, 11) is 1.62. The van der Waals surface area contributed by atoms with Crippen LogP contribution in [0.25, 0.3) is 0 Å². The molecule has 1 aliphatic rings. The molecule has 0 unspecified atom stereocenters. The number of likely N-dealkylation sites (N-methyl/N-ethyl adjacent to an activating group) is 1. The Hall–Kier alpha value is -0.330. The first-order valence-corrected chi connectivity index (χ1v) is 4.13. The lowest BCUT2D eigenvalue weighted by molar-refractivity contribution is -0.127. The maximum atomic E-state index is 11.3. The lowest BCUT2D eigenvalue weighted by Crippen LogP contribution is -2.41. The number of carbonyl (C=O) groups is 2. The maximum Gasteiger partial charge on any atom is 0.336 e. The predicted molar refractivity (Wildman–Crippen MR) is 48.1 cm³/mol. The van der Waals surface area contributed by atoms with Gasteiger partial charge in [-0.15, -0.1) is 0 Å². The fourth-order valence-electron chi connectivity index (χ4n) is 0.841. The molecule has 5 heteroatoms. The monoisotopic (exact) mass is 268 g/mol. The zero-order chi connectivity index (χ0) is 8.81. The van der Waals surface area contributed by atoms with E-state index in [4.69, 9.17) is 0 Å². The van der Waals surface area contributed by atoms with E-state index in [-0.39, 0.29) is 11.9 Å². The predicted octanol–water partition coefficient (Wildman–Crippen LogP) is 1.01. The molecule has 3 amide bonds. The van der Waals surface area contributed by atoms with Crippen molar-refractivity contribution in [3.8, 4) is 0 Å². The normalized spacial score (nSPS) is 23.3. The topological polar surface area (TPSA) is 40.6 Å². The van der Waals surface area contributed by atoms with E-state index in [1.807, 2.05) is 0 Å². The smallest absolute Gasteiger partial charge is 0.313 e. The minimum absolute atomic E-state index is 0.161. The second kappa shape index (κ2) is 2.33. The Morgan fingerprint density at radius 3 is 1.91 bits per heavy atom. The van der Waals surface area contributed by atoms with Crippen molar-refractivity contribution in [1.82, 2.24) is 8.01 Å². The van der Waals surface area contributed by atoms with E-state index in [0.29, 0.717) is 0 Å². The Labute approximate surface area is 79.0 Å². The number of nitrogens with zero attached hydrogens (tertiary/aromatic N) is 2. The molecule has 0 aromatic rings. The van der Waals surface area contributed by atoms with Crippen molar-refractivity contribution in [2.75, 3.05) is 7.05 Å². The van der Waals surface area contributed by atoms with E-state index >= 15 is 0 Å². The van der Waals surface area contributed by atoms with Gasteiger partial charge in [0.05, 0.1) is 22.9 Å². The van der Waals surface area contributed by atoms with Gasteiger partial charge in [0.15, 0.2) is 0 Å². The highest BCUT2D eigenvalue weighted by molar-refractivity contribution is 14.1. The van der Waals surface area contributed by atoms with Gasteiger partial charge in [0, 0.05) is 7.05 Å². The summed E-state index contributed by atoms with van der Waals surface area (Å²) in [5.74, 6) is -0.161. The summed E-state index contributed by atoms with van der Waals surface area (Å²) in [6.07, 6.45) is 0. The van der Waals surface area contributed by atoms with Crippen LogP contribution in [0.5, 0.6) is 0 Å². The SMILES string of the molecule is CN1C(=O)N(I)C(=O)C1(C)C. The fourth-order valence-corrected chi connectivity index (χ4v) is 1.76. The average Bonchev–Trinajstić information content (AvgIpc) is 2.06. The quantitative estimate of drug-likeness (QED) is 0.373. The minimum Gasteiger partial charge on any atom is -0.313 e. The highest BCUT2D eigenvalue weighted by atomic mass is 127. The first kappa shape index (κ1) is 8.76. The van der Waals surface area contributed by atoms with Gasteiger partial charge in [0.2, 0.25) is 0 Å². The molecule has 0 spiro atoms. The first-order chi connectivity index (χ1) is 4.89. The number of urea groups is 1. The molecular formula is C6H9IN2O2. The van der Waals surface area contributed by atoms with Crippen LogP contribution in [0, 0.1) is 0 Å². The third kappa shape index (κ3) is 1.02. The highest BCUT2D eigenvalue weighted by Crippen LogP contribution is 2.27. The van der Waals surface area contributed by atoms with Crippen molar-refractivity contribution in [2.45, 2.75) is 19.4 Å². The van der Waals surface area contributed by atoms with Gasteiger partial charge in [0.1, 0.15) is 5.54 Å². The molecule has 0 atom stereocenters. The molecule has 1 heterocycles. The number of carbonyl (C=O) groups excluding carboxylic acids is 2. The molecule has 62 valence electrons. The Morgan fingerprint density at radius 1 is 1.36 bits per heavy atom. The van der Waals surface area contributed by atoms with Crippen molar-refractivity contribution < 1.29 is 9.59 Å². The van der Waals surface area contributed by atoms with Crippen molar-refractivity contribution in [3.05, 3.63) is 0 Å². The van der Waals surface area contributed by atoms with Gasteiger partial charge >= 0.3 is 6.03 Å².